The van der Waals surface area contributed by atoms with Crippen LogP contribution in [0.3, 0.4) is 0 Å². The lowest BCUT2D eigenvalue weighted by molar-refractivity contribution is -0.141. The minimum atomic E-state index is -0.407. The van der Waals surface area contributed by atoms with Crippen LogP contribution in [0.4, 0.5) is 0 Å². The largest absolute Gasteiger partial charge is 0.395 e. The molecular formula is C16H22N2O3. The Hall–Kier alpha value is -1.88. The Kier molecular flexibility index (Phi) is 4.96. The van der Waals surface area contributed by atoms with Gasteiger partial charge in [-0.1, -0.05) is 29.8 Å². The minimum Gasteiger partial charge on any atom is -0.395 e. The maximum atomic E-state index is 12.4. The molecule has 5 heteroatoms. The van der Waals surface area contributed by atoms with E-state index in [-0.39, 0.29) is 18.4 Å². The lowest BCUT2D eigenvalue weighted by Crippen LogP contribution is -2.45. The van der Waals surface area contributed by atoms with Crippen LogP contribution in [0, 0.1) is 6.92 Å². The highest BCUT2D eigenvalue weighted by Crippen LogP contribution is 2.23. The van der Waals surface area contributed by atoms with Crippen LogP contribution in [-0.2, 0) is 16.1 Å². The van der Waals surface area contributed by atoms with Gasteiger partial charge in [0.15, 0.2) is 0 Å². The van der Waals surface area contributed by atoms with Crippen LogP contribution in [0.25, 0.3) is 0 Å². The average molecular weight is 290 g/mol. The van der Waals surface area contributed by atoms with Crippen LogP contribution < -0.4 is 0 Å². The zero-order valence-corrected chi connectivity index (χ0v) is 12.6. The molecule has 0 radical (unpaired) electrons. The fourth-order valence-electron chi connectivity index (χ4n) is 2.59. The van der Waals surface area contributed by atoms with E-state index in [1.807, 2.05) is 31.2 Å². The molecule has 1 atom stereocenters. The summed E-state index contributed by atoms with van der Waals surface area (Å²) in [4.78, 5) is 27.5. The molecule has 1 aromatic rings. The molecule has 0 bridgehead atoms. The molecule has 0 aliphatic carbocycles. The molecule has 1 N–H and O–H groups in total. The number of aliphatic hydroxyl groups is 1. The van der Waals surface area contributed by atoms with Crippen LogP contribution in [-0.4, -0.2) is 53.0 Å². The molecule has 1 fully saturated rings. The van der Waals surface area contributed by atoms with Gasteiger partial charge < -0.3 is 14.9 Å². The smallest absolute Gasteiger partial charge is 0.245 e. The van der Waals surface area contributed by atoms with Crippen LogP contribution in [0.5, 0.6) is 0 Å². The van der Waals surface area contributed by atoms with Gasteiger partial charge in [-0.2, -0.15) is 0 Å². The van der Waals surface area contributed by atoms with Gasteiger partial charge in [-0.15, -0.1) is 0 Å². The molecule has 1 heterocycles. The number of nitrogens with zero attached hydrogens (tertiary/aromatic N) is 2. The fourth-order valence-corrected chi connectivity index (χ4v) is 2.59. The molecule has 2 rings (SSSR count). The highest BCUT2D eigenvalue weighted by Gasteiger charge is 2.37. The Morgan fingerprint density at radius 2 is 2.05 bits per heavy atom. The number of aliphatic hydroxyl groups excluding tert-OH is 1. The van der Waals surface area contributed by atoms with Crippen LogP contribution >= 0.6 is 0 Å². The van der Waals surface area contributed by atoms with Crippen molar-refractivity contribution in [1.82, 2.24) is 9.80 Å². The Balaban J connectivity index is 2.09. The van der Waals surface area contributed by atoms with Gasteiger partial charge in [-0.25, -0.2) is 0 Å². The number of amides is 2. The lowest BCUT2D eigenvalue weighted by atomic mass is 10.1. The summed E-state index contributed by atoms with van der Waals surface area (Å²) in [6.07, 6.45) is 0.967. The monoisotopic (exact) mass is 290 g/mol. The first-order valence-corrected chi connectivity index (χ1v) is 7.23. The summed E-state index contributed by atoms with van der Waals surface area (Å²) >= 11 is 0. The topological polar surface area (TPSA) is 60.9 Å². The lowest BCUT2D eigenvalue weighted by Gasteiger charge is -2.28. The number of hydrogen-bond donors (Lipinski definition) is 1. The molecule has 2 amide bonds. The molecule has 114 valence electrons. The van der Waals surface area contributed by atoms with Gasteiger partial charge in [0.25, 0.3) is 0 Å². The number of carbonyl (C=O) groups is 2. The molecule has 21 heavy (non-hydrogen) atoms. The van der Waals surface area contributed by atoms with Crippen molar-refractivity contribution in [1.29, 1.82) is 0 Å². The predicted octanol–water partition coefficient (Wildman–Crippen LogP) is 0.937. The van der Waals surface area contributed by atoms with Crippen molar-refractivity contribution >= 4 is 11.8 Å². The van der Waals surface area contributed by atoms with E-state index in [0.29, 0.717) is 25.9 Å². The normalized spacial score (nSPS) is 18.1. The molecule has 1 aliphatic heterocycles. The number of rotatable bonds is 5. The second-order valence-electron chi connectivity index (χ2n) is 5.55. The summed E-state index contributed by atoms with van der Waals surface area (Å²) in [6, 6.07) is 7.57. The Morgan fingerprint density at radius 1 is 1.38 bits per heavy atom. The Bertz CT molecular complexity index is 513. The average Bonchev–Trinajstić information content (AvgIpc) is 2.82. The molecule has 1 aromatic carbocycles. The van der Waals surface area contributed by atoms with Crippen molar-refractivity contribution < 1.29 is 14.7 Å². The molecular weight excluding hydrogens is 268 g/mol. The molecule has 5 nitrogen and oxygen atoms in total. The van der Waals surface area contributed by atoms with E-state index in [1.54, 1.807) is 11.9 Å². The second kappa shape index (κ2) is 6.72. The van der Waals surface area contributed by atoms with E-state index in [0.717, 1.165) is 5.56 Å². The van der Waals surface area contributed by atoms with Gasteiger partial charge in [0.1, 0.15) is 6.04 Å². The minimum absolute atomic E-state index is 0.0197. The van der Waals surface area contributed by atoms with Crippen molar-refractivity contribution in [3.63, 3.8) is 0 Å². The highest BCUT2D eigenvalue weighted by atomic mass is 16.3. The van der Waals surface area contributed by atoms with E-state index >= 15 is 0 Å². The number of aryl methyl sites for hydroxylation is 1. The van der Waals surface area contributed by atoms with Crippen molar-refractivity contribution in [2.45, 2.75) is 32.4 Å². The van der Waals surface area contributed by atoms with Crippen LogP contribution in [0.1, 0.15) is 24.0 Å². The quantitative estimate of drug-likeness (QED) is 0.878. The van der Waals surface area contributed by atoms with Crippen molar-refractivity contribution in [2.24, 2.45) is 0 Å². The Morgan fingerprint density at radius 3 is 2.67 bits per heavy atom. The number of carbonyl (C=O) groups excluding carboxylic acids is 2. The number of likely N-dealkylation sites (N-methyl/N-ethyl adjacent to an activating group) is 1. The summed E-state index contributed by atoms with van der Waals surface area (Å²) in [5.41, 5.74) is 2.19. The maximum Gasteiger partial charge on any atom is 0.245 e. The third-order valence-electron chi connectivity index (χ3n) is 3.90. The summed E-state index contributed by atoms with van der Waals surface area (Å²) in [5.74, 6) is -0.0756. The first-order valence-electron chi connectivity index (χ1n) is 7.23. The van der Waals surface area contributed by atoms with Gasteiger partial charge in [0.2, 0.25) is 11.8 Å². The van der Waals surface area contributed by atoms with Crippen molar-refractivity contribution in [3.8, 4) is 0 Å². The summed E-state index contributed by atoms with van der Waals surface area (Å²) in [5, 5.41) is 8.93. The number of likely N-dealkylation sites (tertiary alicyclic amines) is 1. The SMILES string of the molecule is Cc1ccc(CN2C(=O)CCC2C(=O)N(C)CCO)cc1. The van der Waals surface area contributed by atoms with E-state index in [4.69, 9.17) is 5.11 Å². The maximum absolute atomic E-state index is 12.4. The van der Waals surface area contributed by atoms with Gasteiger partial charge in [-0.05, 0) is 18.9 Å². The first kappa shape index (κ1) is 15.5. The van der Waals surface area contributed by atoms with Gasteiger partial charge >= 0.3 is 0 Å². The molecule has 0 spiro atoms. The van der Waals surface area contributed by atoms with E-state index < -0.39 is 6.04 Å². The fraction of sp³-hybridized carbons (Fsp3) is 0.500. The zero-order valence-electron chi connectivity index (χ0n) is 12.6. The van der Waals surface area contributed by atoms with E-state index in [2.05, 4.69) is 0 Å². The number of benzene rings is 1. The van der Waals surface area contributed by atoms with Crippen molar-refractivity contribution in [2.75, 3.05) is 20.2 Å². The Labute approximate surface area is 125 Å². The third-order valence-corrected chi connectivity index (χ3v) is 3.90. The molecule has 0 saturated carbocycles. The van der Waals surface area contributed by atoms with Crippen molar-refractivity contribution in [3.05, 3.63) is 35.4 Å². The second-order valence-corrected chi connectivity index (χ2v) is 5.55. The summed E-state index contributed by atoms with van der Waals surface area (Å²) in [7, 11) is 1.66. The van der Waals surface area contributed by atoms with Gasteiger partial charge in [0, 0.05) is 26.6 Å². The highest BCUT2D eigenvalue weighted by molar-refractivity contribution is 5.90. The third kappa shape index (κ3) is 3.61. The van der Waals surface area contributed by atoms with Gasteiger partial charge in [-0.3, -0.25) is 9.59 Å². The summed E-state index contributed by atoms with van der Waals surface area (Å²) in [6.45, 7) is 2.70. The number of hydrogen-bond acceptors (Lipinski definition) is 3. The first-order chi connectivity index (χ1) is 10.0. The predicted molar refractivity (Wildman–Crippen MR) is 79.5 cm³/mol. The van der Waals surface area contributed by atoms with E-state index in [9.17, 15) is 9.59 Å². The van der Waals surface area contributed by atoms with E-state index in [1.165, 1.54) is 10.5 Å². The molecule has 1 unspecified atom stereocenters. The summed E-state index contributed by atoms with van der Waals surface area (Å²) < 4.78 is 0. The molecule has 1 aliphatic rings. The zero-order chi connectivity index (χ0) is 15.4. The van der Waals surface area contributed by atoms with Crippen LogP contribution in [0.2, 0.25) is 0 Å². The standard InChI is InChI=1S/C16H22N2O3/c1-12-3-5-13(6-4-12)11-18-14(7-8-15(18)20)16(21)17(2)9-10-19/h3-6,14,19H,7-11H2,1-2H3. The van der Waals surface area contributed by atoms with Gasteiger partial charge in [0.05, 0.1) is 6.61 Å². The van der Waals surface area contributed by atoms with Crippen LogP contribution in [0.15, 0.2) is 24.3 Å². The molecule has 1 saturated heterocycles. The molecule has 0 aromatic heterocycles.